The lowest BCUT2D eigenvalue weighted by molar-refractivity contribution is -0.142. The minimum atomic E-state index is -0.776. The zero-order valence-corrected chi connectivity index (χ0v) is 10.2. The van der Waals surface area contributed by atoms with Crippen molar-refractivity contribution in [2.45, 2.75) is 12.5 Å². The van der Waals surface area contributed by atoms with Gasteiger partial charge in [-0.1, -0.05) is 23.2 Å². The highest BCUT2D eigenvalue weighted by atomic mass is 35.5. The Morgan fingerprint density at radius 3 is 2.69 bits per heavy atom. The molecule has 0 bridgehead atoms. The number of ether oxygens (including phenoxy) is 1. The first kappa shape index (κ1) is 13.1. The molecule has 0 radical (unpaired) electrons. The number of hydrogen-bond acceptors (Lipinski definition) is 4. The highest BCUT2D eigenvalue weighted by molar-refractivity contribution is 6.36. The van der Waals surface area contributed by atoms with Crippen molar-refractivity contribution in [2.75, 3.05) is 12.8 Å². The van der Waals surface area contributed by atoms with Crippen molar-refractivity contribution in [3.63, 3.8) is 0 Å². The minimum absolute atomic E-state index is 0.235. The lowest BCUT2D eigenvalue weighted by Crippen LogP contribution is -2.33. The summed E-state index contributed by atoms with van der Waals surface area (Å²) in [5.41, 5.74) is 12.4. The summed E-state index contributed by atoms with van der Waals surface area (Å²) in [6, 6.07) is 2.39. The second-order valence-corrected chi connectivity index (χ2v) is 4.14. The zero-order valence-electron chi connectivity index (χ0n) is 8.67. The summed E-state index contributed by atoms with van der Waals surface area (Å²) in [5, 5.41) is 0.797. The van der Waals surface area contributed by atoms with E-state index >= 15 is 0 Å². The Morgan fingerprint density at radius 2 is 2.12 bits per heavy atom. The maximum atomic E-state index is 11.1. The average molecular weight is 263 g/mol. The number of carbonyl (C=O) groups excluding carboxylic acids is 1. The maximum absolute atomic E-state index is 11.1. The van der Waals surface area contributed by atoms with Gasteiger partial charge >= 0.3 is 5.97 Å². The van der Waals surface area contributed by atoms with Gasteiger partial charge in [-0.2, -0.15) is 0 Å². The van der Waals surface area contributed by atoms with Crippen LogP contribution in [0, 0.1) is 0 Å². The second-order valence-electron chi connectivity index (χ2n) is 3.29. The number of benzene rings is 1. The Balaban J connectivity index is 2.93. The van der Waals surface area contributed by atoms with E-state index < -0.39 is 12.0 Å². The van der Waals surface area contributed by atoms with Crippen molar-refractivity contribution in [1.82, 2.24) is 0 Å². The number of hydrogen-bond donors (Lipinski definition) is 2. The van der Waals surface area contributed by atoms with Crippen LogP contribution in [-0.4, -0.2) is 19.1 Å². The van der Waals surface area contributed by atoms with Gasteiger partial charge in [-0.15, -0.1) is 0 Å². The summed E-state index contributed by atoms with van der Waals surface area (Å²) in [6.45, 7) is 0. The first-order valence-corrected chi connectivity index (χ1v) is 5.28. The number of anilines is 1. The van der Waals surface area contributed by atoms with Crippen LogP contribution in [0.2, 0.25) is 10.0 Å². The number of carbonyl (C=O) groups is 1. The van der Waals surface area contributed by atoms with Gasteiger partial charge in [-0.05, 0) is 17.7 Å². The van der Waals surface area contributed by atoms with E-state index in [1.807, 2.05) is 0 Å². The van der Waals surface area contributed by atoms with E-state index in [1.165, 1.54) is 13.2 Å². The van der Waals surface area contributed by atoms with Gasteiger partial charge in [-0.25, -0.2) is 0 Å². The molecule has 0 heterocycles. The smallest absolute Gasteiger partial charge is 0.322 e. The highest BCUT2D eigenvalue weighted by Gasteiger charge is 2.17. The summed E-state index contributed by atoms with van der Waals surface area (Å²) in [5.74, 6) is -0.504. The molecule has 0 spiro atoms. The fraction of sp³-hybridized carbons (Fsp3) is 0.300. The highest BCUT2D eigenvalue weighted by Crippen LogP contribution is 2.28. The van der Waals surface area contributed by atoms with Crippen LogP contribution in [0.25, 0.3) is 0 Å². The van der Waals surface area contributed by atoms with E-state index in [9.17, 15) is 4.79 Å². The van der Waals surface area contributed by atoms with Crippen LogP contribution >= 0.6 is 23.2 Å². The van der Waals surface area contributed by atoms with Crippen LogP contribution in [0.15, 0.2) is 12.1 Å². The molecule has 4 nitrogen and oxygen atoms in total. The molecule has 0 aliphatic heterocycles. The van der Waals surface area contributed by atoms with Crippen molar-refractivity contribution in [3.05, 3.63) is 27.7 Å². The molecule has 16 heavy (non-hydrogen) atoms. The predicted molar refractivity (Wildman–Crippen MR) is 64.6 cm³/mol. The number of rotatable bonds is 3. The van der Waals surface area contributed by atoms with E-state index in [1.54, 1.807) is 6.07 Å². The standard InChI is InChI=1S/C10H12Cl2N2O2/c1-16-10(15)8(13)3-5-2-6(11)4-7(12)9(5)14/h2,4,8H,3,13-14H2,1H3/t8-/m0/s1. The Hall–Kier alpha value is -0.970. The van der Waals surface area contributed by atoms with Crippen LogP contribution in [0.4, 0.5) is 5.69 Å². The normalized spacial score (nSPS) is 12.2. The molecule has 0 saturated heterocycles. The SMILES string of the molecule is COC(=O)[C@@H](N)Cc1cc(Cl)cc(Cl)c1N. The summed E-state index contributed by atoms with van der Waals surface area (Å²) in [4.78, 5) is 11.1. The van der Waals surface area contributed by atoms with Gasteiger partial charge in [0.15, 0.2) is 0 Å². The van der Waals surface area contributed by atoms with E-state index in [-0.39, 0.29) is 6.42 Å². The lowest BCUT2D eigenvalue weighted by atomic mass is 10.0. The Morgan fingerprint density at radius 1 is 1.50 bits per heavy atom. The molecular weight excluding hydrogens is 251 g/mol. The number of halogens is 2. The fourth-order valence-electron chi connectivity index (χ4n) is 1.28. The van der Waals surface area contributed by atoms with Crippen molar-refractivity contribution >= 4 is 34.9 Å². The molecule has 4 N–H and O–H groups in total. The fourth-order valence-corrected chi connectivity index (χ4v) is 1.81. The molecule has 1 rings (SSSR count). The molecule has 1 aromatic carbocycles. The molecule has 6 heteroatoms. The quantitative estimate of drug-likeness (QED) is 0.641. The molecule has 0 fully saturated rings. The van der Waals surface area contributed by atoms with Crippen LogP contribution in [0.5, 0.6) is 0 Å². The third-order valence-electron chi connectivity index (χ3n) is 2.12. The first-order chi connectivity index (χ1) is 7.45. The van der Waals surface area contributed by atoms with E-state index in [4.69, 9.17) is 34.7 Å². The van der Waals surface area contributed by atoms with Gasteiger partial charge in [-0.3, -0.25) is 4.79 Å². The summed E-state index contributed by atoms with van der Waals surface area (Å²) in [7, 11) is 1.27. The summed E-state index contributed by atoms with van der Waals surface area (Å²) >= 11 is 11.7. The van der Waals surface area contributed by atoms with E-state index in [0.29, 0.717) is 21.3 Å². The molecule has 1 aromatic rings. The number of nitrogens with two attached hydrogens (primary N) is 2. The number of nitrogen functional groups attached to an aromatic ring is 1. The molecule has 0 amide bonds. The molecule has 0 aromatic heterocycles. The molecule has 0 saturated carbocycles. The largest absolute Gasteiger partial charge is 0.468 e. The zero-order chi connectivity index (χ0) is 12.3. The van der Waals surface area contributed by atoms with Crippen LogP contribution in [0.1, 0.15) is 5.56 Å². The summed E-state index contributed by atoms with van der Waals surface area (Å²) < 4.78 is 4.51. The molecule has 0 aliphatic carbocycles. The van der Waals surface area contributed by atoms with Gasteiger partial charge in [0.25, 0.3) is 0 Å². The van der Waals surface area contributed by atoms with Crippen LogP contribution < -0.4 is 11.5 Å². The van der Waals surface area contributed by atoms with Crippen molar-refractivity contribution < 1.29 is 9.53 Å². The topological polar surface area (TPSA) is 78.3 Å². The molecule has 1 atom stereocenters. The Labute approximate surface area is 103 Å². The lowest BCUT2D eigenvalue weighted by Gasteiger charge is -2.12. The van der Waals surface area contributed by atoms with Gasteiger partial charge in [0.1, 0.15) is 6.04 Å². The third kappa shape index (κ3) is 3.01. The third-order valence-corrected chi connectivity index (χ3v) is 2.65. The van der Waals surface area contributed by atoms with Gasteiger partial charge in [0.05, 0.1) is 17.8 Å². The maximum Gasteiger partial charge on any atom is 0.322 e. The molecule has 0 unspecified atom stereocenters. The van der Waals surface area contributed by atoms with Gasteiger partial charge in [0, 0.05) is 11.4 Å². The molecule has 88 valence electrons. The monoisotopic (exact) mass is 262 g/mol. The molecular formula is C10H12Cl2N2O2. The van der Waals surface area contributed by atoms with Gasteiger partial charge in [0.2, 0.25) is 0 Å². The van der Waals surface area contributed by atoms with Crippen molar-refractivity contribution in [3.8, 4) is 0 Å². The first-order valence-electron chi connectivity index (χ1n) is 4.52. The Kier molecular flexibility index (Phi) is 4.41. The van der Waals surface area contributed by atoms with Crippen LogP contribution in [-0.2, 0) is 16.0 Å². The minimum Gasteiger partial charge on any atom is -0.468 e. The Bertz CT molecular complexity index is 410. The molecule has 0 aliphatic rings. The van der Waals surface area contributed by atoms with Gasteiger partial charge < -0.3 is 16.2 Å². The predicted octanol–water partition coefficient (Wildman–Crippen LogP) is 1.62. The average Bonchev–Trinajstić information content (AvgIpc) is 2.23. The van der Waals surface area contributed by atoms with Crippen molar-refractivity contribution in [2.24, 2.45) is 5.73 Å². The number of methoxy groups -OCH3 is 1. The van der Waals surface area contributed by atoms with E-state index in [2.05, 4.69) is 4.74 Å². The second kappa shape index (κ2) is 5.39. The van der Waals surface area contributed by atoms with Crippen molar-refractivity contribution in [1.29, 1.82) is 0 Å². The number of esters is 1. The summed E-state index contributed by atoms with van der Waals surface area (Å²) in [6.07, 6.45) is 0.235. The van der Waals surface area contributed by atoms with Crippen LogP contribution in [0.3, 0.4) is 0 Å². The van der Waals surface area contributed by atoms with E-state index in [0.717, 1.165) is 0 Å².